The van der Waals surface area contributed by atoms with Crippen LogP contribution in [0.25, 0.3) is 10.9 Å². The van der Waals surface area contributed by atoms with E-state index in [-0.39, 0.29) is 11.2 Å². The van der Waals surface area contributed by atoms with E-state index in [1.807, 2.05) is 46.9 Å². The van der Waals surface area contributed by atoms with Crippen LogP contribution in [0.1, 0.15) is 27.7 Å². The maximum atomic E-state index is 6.36. The fourth-order valence-electron chi connectivity index (χ4n) is 2.40. The molecule has 0 bridgehead atoms. The quantitative estimate of drug-likeness (QED) is 0.758. The molecule has 0 spiro atoms. The maximum Gasteiger partial charge on any atom is 0.494 e. The van der Waals surface area contributed by atoms with Crippen molar-refractivity contribution in [3.8, 4) is 0 Å². The molecule has 0 N–H and O–H groups in total. The number of aromatic nitrogens is 2. The van der Waals surface area contributed by atoms with Gasteiger partial charge in [-0.2, -0.15) is 5.10 Å². The first-order chi connectivity index (χ1) is 9.21. The van der Waals surface area contributed by atoms with Crippen LogP contribution in [0.2, 0.25) is 5.02 Å². The van der Waals surface area contributed by atoms with E-state index in [1.165, 1.54) is 0 Å². The van der Waals surface area contributed by atoms with Gasteiger partial charge in [-0.15, -0.1) is 0 Å². The fraction of sp³-hybridized carbons (Fsp3) is 0.500. The van der Waals surface area contributed by atoms with Gasteiger partial charge in [0, 0.05) is 12.4 Å². The zero-order valence-corrected chi connectivity index (χ0v) is 13.2. The van der Waals surface area contributed by atoms with Crippen molar-refractivity contribution in [2.45, 2.75) is 38.9 Å². The molecule has 0 saturated carbocycles. The Morgan fingerprint density at radius 1 is 1.15 bits per heavy atom. The van der Waals surface area contributed by atoms with Crippen LogP contribution in [0, 0.1) is 0 Å². The van der Waals surface area contributed by atoms with Crippen LogP contribution in [0.3, 0.4) is 0 Å². The summed E-state index contributed by atoms with van der Waals surface area (Å²) in [5, 5.41) is 5.88. The highest BCUT2D eigenvalue weighted by atomic mass is 35.5. The third kappa shape index (κ3) is 1.96. The van der Waals surface area contributed by atoms with Gasteiger partial charge in [0.15, 0.2) is 0 Å². The lowest BCUT2D eigenvalue weighted by atomic mass is 9.78. The van der Waals surface area contributed by atoms with Gasteiger partial charge in [0.2, 0.25) is 0 Å². The molecule has 6 heteroatoms. The zero-order chi connectivity index (χ0) is 14.7. The number of halogens is 1. The second kappa shape index (κ2) is 4.23. The monoisotopic (exact) mass is 292 g/mol. The highest BCUT2D eigenvalue weighted by Crippen LogP contribution is 2.37. The standard InChI is InChI=1S/C14H18BClN2O2/c1-13(2)14(3,4)20-15(19-13)10-6-9-8-17-18(5)12(9)11(16)7-10/h6-8H,1-5H3. The summed E-state index contributed by atoms with van der Waals surface area (Å²) < 4.78 is 13.9. The molecular formula is C14H18BClN2O2. The maximum absolute atomic E-state index is 6.36. The topological polar surface area (TPSA) is 36.3 Å². The number of hydrogen-bond donors (Lipinski definition) is 0. The van der Waals surface area contributed by atoms with Crippen LogP contribution in [-0.4, -0.2) is 28.1 Å². The molecule has 2 aromatic rings. The molecule has 3 rings (SSSR count). The Balaban J connectivity index is 2.04. The third-order valence-electron chi connectivity index (χ3n) is 4.33. The van der Waals surface area contributed by atoms with E-state index >= 15 is 0 Å². The minimum atomic E-state index is -0.401. The molecule has 1 aliphatic heterocycles. The predicted octanol–water partition coefficient (Wildman–Crippen LogP) is 2.53. The van der Waals surface area contributed by atoms with Crippen LogP contribution in [0.15, 0.2) is 18.3 Å². The lowest BCUT2D eigenvalue weighted by Crippen LogP contribution is -2.41. The molecule has 0 amide bonds. The van der Waals surface area contributed by atoms with Gasteiger partial charge in [-0.1, -0.05) is 17.7 Å². The molecule has 1 aromatic heterocycles. The first-order valence-corrected chi connectivity index (χ1v) is 7.06. The van der Waals surface area contributed by atoms with Crippen molar-refractivity contribution in [3.63, 3.8) is 0 Å². The summed E-state index contributed by atoms with van der Waals surface area (Å²) in [6.45, 7) is 8.16. The summed E-state index contributed by atoms with van der Waals surface area (Å²) in [7, 11) is 1.48. The smallest absolute Gasteiger partial charge is 0.399 e. The highest BCUT2D eigenvalue weighted by Gasteiger charge is 2.51. The van der Waals surface area contributed by atoms with Crippen LogP contribution in [-0.2, 0) is 16.4 Å². The van der Waals surface area contributed by atoms with Gasteiger partial charge in [0.1, 0.15) is 0 Å². The Kier molecular flexibility index (Phi) is 2.94. The summed E-state index contributed by atoms with van der Waals surface area (Å²) in [4.78, 5) is 0. The number of benzene rings is 1. The lowest BCUT2D eigenvalue weighted by molar-refractivity contribution is 0.00578. The van der Waals surface area contributed by atoms with E-state index in [2.05, 4.69) is 5.10 Å². The number of nitrogens with zero attached hydrogens (tertiary/aromatic N) is 2. The number of hydrogen-bond acceptors (Lipinski definition) is 3. The molecule has 1 fully saturated rings. The number of aryl methyl sites for hydroxylation is 1. The molecule has 2 heterocycles. The van der Waals surface area contributed by atoms with Crippen LogP contribution in [0.5, 0.6) is 0 Å². The van der Waals surface area contributed by atoms with Crippen LogP contribution >= 0.6 is 11.6 Å². The summed E-state index contributed by atoms with van der Waals surface area (Å²) >= 11 is 6.36. The van der Waals surface area contributed by atoms with Gasteiger partial charge < -0.3 is 9.31 Å². The molecule has 0 atom stereocenters. The van der Waals surface area contributed by atoms with Gasteiger partial charge >= 0.3 is 7.12 Å². The minimum absolute atomic E-state index is 0.353. The first-order valence-electron chi connectivity index (χ1n) is 6.68. The van der Waals surface area contributed by atoms with E-state index in [0.717, 1.165) is 16.4 Å². The van der Waals surface area contributed by atoms with E-state index in [4.69, 9.17) is 20.9 Å². The summed E-state index contributed by atoms with van der Waals surface area (Å²) in [5.41, 5.74) is 1.14. The predicted molar refractivity (Wildman–Crippen MR) is 81.4 cm³/mol. The minimum Gasteiger partial charge on any atom is -0.399 e. The van der Waals surface area contributed by atoms with Gasteiger partial charge in [-0.25, -0.2) is 0 Å². The Labute approximate surface area is 124 Å². The summed E-state index contributed by atoms with van der Waals surface area (Å²) in [6.07, 6.45) is 1.80. The number of rotatable bonds is 1. The molecule has 4 nitrogen and oxygen atoms in total. The average molecular weight is 293 g/mol. The SMILES string of the molecule is Cn1ncc2cc(B3OC(C)(C)C(C)(C)O3)cc(Cl)c21. The van der Waals surface area contributed by atoms with E-state index < -0.39 is 7.12 Å². The fourth-order valence-corrected chi connectivity index (χ4v) is 2.76. The van der Waals surface area contributed by atoms with Gasteiger partial charge in [0.05, 0.1) is 27.9 Å². The molecular weight excluding hydrogens is 274 g/mol. The Hall–Kier alpha value is -1.04. The molecule has 0 radical (unpaired) electrons. The highest BCUT2D eigenvalue weighted by molar-refractivity contribution is 6.63. The average Bonchev–Trinajstić information content (AvgIpc) is 2.78. The zero-order valence-electron chi connectivity index (χ0n) is 12.4. The van der Waals surface area contributed by atoms with E-state index in [9.17, 15) is 0 Å². The van der Waals surface area contributed by atoms with Gasteiger partial charge in [-0.05, 0) is 39.2 Å². The molecule has 1 aromatic carbocycles. The second-order valence-electron chi connectivity index (χ2n) is 6.30. The Morgan fingerprint density at radius 2 is 1.75 bits per heavy atom. The number of fused-ring (bicyclic) bond motifs is 1. The van der Waals surface area contributed by atoms with Crippen molar-refractivity contribution in [1.29, 1.82) is 0 Å². The second-order valence-corrected chi connectivity index (χ2v) is 6.70. The summed E-state index contributed by atoms with van der Waals surface area (Å²) in [5.74, 6) is 0. The first kappa shape index (κ1) is 13.9. The van der Waals surface area contributed by atoms with Gasteiger partial charge in [-0.3, -0.25) is 4.68 Å². The molecule has 1 aliphatic rings. The van der Waals surface area contributed by atoms with E-state index in [1.54, 1.807) is 10.9 Å². The Bertz CT molecular complexity index is 665. The normalized spacial score (nSPS) is 20.8. The molecule has 0 unspecified atom stereocenters. The lowest BCUT2D eigenvalue weighted by Gasteiger charge is -2.32. The van der Waals surface area contributed by atoms with Crippen molar-refractivity contribution in [3.05, 3.63) is 23.4 Å². The van der Waals surface area contributed by atoms with E-state index in [0.29, 0.717) is 5.02 Å². The molecule has 1 saturated heterocycles. The summed E-state index contributed by atoms with van der Waals surface area (Å²) in [6, 6.07) is 3.92. The van der Waals surface area contributed by atoms with Crippen molar-refractivity contribution in [2.75, 3.05) is 0 Å². The Morgan fingerprint density at radius 3 is 2.35 bits per heavy atom. The van der Waals surface area contributed by atoms with Crippen molar-refractivity contribution in [1.82, 2.24) is 9.78 Å². The van der Waals surface area contributed by atoms with Crippen molar-refractivity contribution >= 4 is 35.1 Å². The molecule has 20 heavy (non-hydrogen) atoms. The van der Waals surface area contributed by atoms with Gasteiger partial charge in [0.25, 0.3) is 0 Å². The van der Waals surface area contributed by atoms with Crippen molar-refractivity contribution in [2.24, 2.45) is 7.05 Å². The molecule has 0 aliphatic carbocycles. The molecule has 106 valence electrons. The third-order valence-corrected chi connectivity index (χ3v) is 4.62. The van der Waals surface area contributed by atoms with Crippen LogP contribution < -0.4 is 5.46 Å². The van der Waals surface area contributed by atoms with Crippen molar-refractivity contribution < 1.29 is 9.31 Å². The largest absolute Gasteiger partial charge is 0.494 e. The van der Waals surface area contributed by atoms with Crippen LogP contribution in [0.4, 0.5) is 0 Å².